The normalized spacial score (nSPS) is 13.2. The lowest BCUT2D eigenvalue weighted by Crippen LogP contribution is -2.30. The third-order valence-electron chi connectivity index (χ3n) is 4.67. The van der Waals surface area contributed by atoms with Crippen molar-refractivity contribution in [2.75, 3.05) is 0 Å². The average Bonchev–Trinajstić information content (AvgIpc) is 2.65. The number of pyridine rings is 1. The molecule has 0 bridgehead atoms. The Morgan fingerprint density at radius 1 is 0.962 bits per heavy atom. The van der Waals surface area contributed by atoms with Crippen molar-refractivity contribution in [3.05, 3.63) is 78.1 Å². The first kappa shape index (κ1) is 20.4. The van der Waals surface area contributed by atoms with Crippen molar-refractivity contribution in [2.24, 2.45) is 5.73 Å². The molecule has 0 saturated heterocycles. The highest BCUT2D eigenvalue weighted by molar-refractivity contribution is 5.85. The van der Waals surface area contributed by atoms with Gasteiger partial charge < -0.3 is 11.1 Å². The molecule has 3 rings (SSSR count). The molecule has 4 heteroatoms. The molecule has 1 aromatic heterocycles. The van der Waals surface area contributed by atoms with Crippen LogP contribution in [0.15, 0.2) is 67.0 Å². The van der Waals surface area contributed by atoms with Gasteiger partial charge in [-0.1, -0.05) is 42.5 Å². The molecule has 1 heterocycles. The summed E-state index contributed by atoms with van der Waals surface area (Å²) in [5.74, 6) is 0. The minimum atomic E-state index is 0. The highest BCUT2D eigenvalue weighted by Crippen LogP contribution is 2.15. The molecule has 138 valence electrons. The SMILES string of the molecule is C[C@H](CCC(N)Cc1ccccc1)NCc1ccc2cnccc2c1.Cl. The molecule has 0 aliphatic heterocycles. The van der Waals surface area contributed by atoms with Crippen LogP contribution in [0.25, 0.3) is 10.8 Å². The predicted molar refractivity (Wildman–Crippen MR) is 113 cm³/mol. The van der Waals surface area contributed by atoms with Gasteiger partial charge in [-0.25, -0.2) is 0 Å². The maximum Gasteiger partial charge on any atom is 0.0346 e. The molecule has 0 aliphatic rings. The smallest absolute Gasteiger partial charge is 0.0346 e. The number of fused-ring (bicyclic) bond motifs is 1. The Labute approximate surface area is 162 Å². The van der Waals surface area contributed by atoms with Crippen molar-refractivity contribution < 1.29 is 0 Å². The van der Waals surface area contributed by atoms with E-state index in [4.69, 9.17) is 5.73 Å². The van der Waals surface area contributed by atoms with E-state index in [2.05, 4.69) is 65.8 Å². The lowest BCUT2D eigenvalue weighted by molar-refractivity contribution is 0.464. The molecule has 2 aromatic carbocycles. The maximum atomic E-state index is 6.29. The fourth-order valence-corrected chi connectivity index (χ4v) is 3.12. The fraction of sp³-hybridized carbons (Fsp3) is 0.318. The van der Waals surface area contributed by atoms with Gasteiger partial charge in [0, 0.05) is 36.4 Å². The molecule has 3 nitrogen and oxygen atoms in total. The number of rotatable bonds is 8. The maximum absolute atomic E-state index is 6.29. The number of nitrogens with two attached hydrogens (primary N) is 1. The van der Waals surface area contributed by atoms with Gasteiger partial charge in [0.05, 0.1) is 0 Å². The van der Waals surface area contributed by atoms with Gasteiger partial charge >= 0.3 is 0 Å². The molecule has 3 N–H and O–H groups in total. The molecular formula is C22H28ClN3. The van der Waals surface area contributed by atoms with Crippen molar-refractivity contribution in [2.45, 2.75) is 44.8 Å². The van der Waals surface area contributed by atoms with E-state index in [1.807, 2.05) is 18.5 Å². The summed E-state index contributed by atoms with van der Waals surface area (Å²) in [5.41, 5.74) is 8.92. The number of halogens is 1. The van der Waals surface area contributed by atoms with Gasteiger partial charge in [0.15, 0.2) is 0 Å². The van der Waals surface area contributed by atoms with Gasteiger partial charge in [-0.05, 0) is 54.8 Å². The molecule has 0 amide bonds. The first-order chi connectivity index (χ1) is 12.2. The van der Waals surface area contributed by atoms with E-state index in [1.165, 1.54) is 21.9 Å². The molecule has 3 aromatic rings. The van der Waals surface area contributed by atoms with E-state index >= 15 is 0 Å². The summed E-state index contributed by atoms with van der Waals surface area (Å²) in [6, 6.07) is 19.8. The first-order valence-electron chi connectivity index (χ1n) is 9.06. The van der Waals surface area contributed by atoms with E-state index in [1.54, 1.807) is 0 Å². The van der Waals surface area contributed by atoms with Gasteiger partial charge in [0.25, 0.3) is 0 Å². The van der Waals surface area contributed by atoms with Gasteiger partial charge in [-0.3, -0.25) is 4.98 Å². The van der Waals surface area contributed by atoms with E-state index in [0.29, 0.717) is 6.04 Å². The van der Waals surface area contributed by atoms with Crippen LogP contribution in [0.2, 0.25) is 0 Å². The molecule has 2 atom stereocenters. The van der Waals surface area contributed by atoms with Crippen LogP contribution < -0.4 is 11.1 Å². The molecule has 0 radical (unpaired) electrons. The predicted octanol–water partition coefficient (Wildman–Crippen LogP) is 4.48. The topological polar surface area (TPSA) is 50.9 Å². The second-order valence-corrected chi connectivity index (χ2v) is 6.87. The summed E-state index contributed by atoms with van der Waals surface area (Å²) in [5, 5.41) is 6.04. The standard InChI is InChI=1S/C22H27N3.ClH/c1-17(7-10-22(23)14-18-5-3-2-4-6-18)25-15-19-8-9-21-16-24-12-11-20(21)13-19;/h2-6,8-9,11-13,16-17,22,25H,7,10,14-15,23H2,1H3;1H/t17-,22?;/m1./s1. The number of nitrogens with zero attached hydrogens (tertiary/aromatic N) is 1. The quantitative estimate of drug-likeness (QED) is 0.615. The van der Waals surface area contributed by atoms with Crippen molar-refractivity contribution in [1.82, 2.24) is 10.3 Å². The monoisotopic (exact) mass is 369 g/mol. The zero-order valence-corrected chi connectivity index (χ0v) is 16.1. The van der Waals surface area contributed by atoms with Gasteiger partial charge in [0.2, 0.25) is 0 Å². The van der Waals surface area contributed by atoms with E-state index in [9.17, 15) is 0 Å². The zero-order chi connectivity index (χ0) is 17.5. The molecule has 0 aliphatic carbocycles. The molecule has 0 saturated carbocycles. The minimum Gasteiger partial charge on any atom is -0.327 e. The van der Waals surface area contributed by atoms with E-state index in [0.717, 1.165) is 25.8 Å². The van der Waals surface area contributed by atoms with Crippen LogP contribution in [0.5, 0.6) is 0 Å². The number of hydrogen-bond acceptors (Lipinski definition) is 3. The Balaban J connectivity index is 0.00000243. The second-order valence-electron chi connectivity index (χ2n) is 6.87. The Hall–Kier alpha value is -1.94. The summed E-state index contributed by atoms with van der Waals surface area (Å²) in [4.78, 5) is 4.16. The Bertz CT molecular complexity index is 792. The Morgan fingerprint density at radius 3 is 2.58 bits per heavy atom. The third-order valence-corrected chi connectivity index (χ3v) is 4.67. The third kappa shape index (κ3) is 6.10. The summed E-state index contributed by atoms with van der Waals surface area (Å²) < 4.78 is 0. The molecule has 0 spiro atoms. The van der Waals surface area contributed by atoms with Crippen LogP contribution >= 0.6 is 12.4 Å². The molecule has 26 heavy (non-hydrogen) atoms. The summed E-state index contributed by atoms with van der Waals surface area (Å²) in [6.45, 7) is 3.12. The molecule has 0 fully saturated rings. The van der Waals surface area contributed by atoms with Crippen LogP contribution in [-0.2, 0) is 13.0 Å². The average molecular weight is 370 g/mol. The largest absolute Gasteiger partial charge is 0.327 e. The summed E-state index contributed by atoms with van der Waals surface area (Å²) in [6.07, 6.45) is 6.82. The Morgan fingerprint density at radius 2 is 1.77 bits per heavy atom. The van der Waals surface area contributed by atoms with Gasteiger partial charge in [0.1, 0.15) is 0 Å². The van der Waals surface area contributed by atoms with Crippen LogP contribution in [0, 0.1) is 0 Å². The molecular weight excluding hydrogens is 342 g/mol. The number of benzene rings is 2. The highest BCUT2D eigenvalue weighted by atomic mass is 35.5. The van der Waals surface area contributed by atoms with Crippen LogP contribution in [0.4, 0.5) is 0 Å². The lowest BCUT2D eigenvalue weighted by Gasteiger charge is -2.17. The highest BCUT2D eigenvalue weighted by Gasteiger charge is 2.08. The molecule has 1 unspecified atom stereocenters. The summed E-state index contributed by atoms with van der Waals surface area (Å²) >= 11 is 0. The summed E-state index contributed by atoms with van der Waals surface area (Å²) in [7, 11) is 0. The van der Waals surface area contributed by atoms with Crippen LogP contribution in [0.1, 0.15) is 30.9 Å². The second kappa shape index (κ2) is 10.3. The zero-order valence-electron chi connectivity index (χ0n) is 15.3. The first-order valence-corrected chi connectivity index (χ1v) is 9.06. The van der Waals surface area contributed by atoms with Gasteiger partial charge in [-0.2, -0.15) is 0 Å². The minimum absolute atomic E-state index is 0. The Kier molecular flexibility index (Phi) is 8.05. The number of aromatic nitrogens is 1. The number of hydrogen-bond donors (Lipinski definition) is 2. The van der Waals surface area contributed by atoms with Gasteiger partial charge in [-0.15, -0.1) is 12.4 Å². The van der Waals surface area contributed by atoms with Crippen LogP contribution in [-0.4, -0.2) is 17.1 Å². The van der Waals surface area contributed by atoms with Crippen molar-refractivity contribution >= 4 is 23.2 Å². The van der Waals surface area contributed by atoms with Crippen molar-refractivity contribution in [3.63, 3.8) is 0 Å². The van der Waals surface area contributed by atoms with E-state index < -0.39 is 0 Å². The van der Waals surface area contributed by atoms with E-state index in [-0.39, 0.29) is 18.4 Å². The van der Waals surface area contributed by atoms with Crippen LogP contribution in [0.3, 0.4) is 0 Å². The van der Waals surface area contributed by atoms with Crippen molar-refractivity contribution in [1.29, 1.82) is 0 Å². The van der Waals surface area contributed by atoms with Crippen molar-refractivity contribution in [3.8, 4) is 0 Å². The fourth-order valence-electron chi connectivity index (χ4n) is 3.12. The lowest BCUT2D eigenvalue weighted by atomic mass is 10.0. The number of nitrogens with one attached hydrogen (secondary N) is 1.